The molecule has 0 atom stereocenters. The molecule has 0 radical (unpaired) electrons. The fraction of sp³-hybridized carbons (Fsp3) is 0.0750. The minimum absolute atomic E-state index is 0. The molecule has 0 N–H and O–H groups in total. The molecule has 4 aromatic carbocycles. The van der Waals surface area contributed by atoms with Crippen LogP contribution < -0.4 is 31.1 Å². The van der Waals surface area contributed by atoms with Crippen LogP contribution in [0.1, 0.15) is 18.2 Å². The molecule has 4 aromatic heterocycles. The minimum Gasteiger partial charge on any atom is -0.657 e. The smallest absolute Gasteiger partial charge is 0.657 e. The number of fused-ring (bicyclic) bond motifs is 3. The molecule has 0 amide bonds. The quantitative estimate of drug-likeness (QED) is 0.202. The topological polar surface area (TPSA) is 66.9 Å². The van der Waals surface area contributed by atoms with Crippen LogP contribution in [-0.4, -0.2) is 23.1 Å². The average molecular weight is 807 g/mol. The molecule has 0 aliphatic heterocycles. The maximum absolute atomic E-state index is 5.27. The number of pyridine rings is 2. The van der Waals surface area contributed by atoms with Gasteiger partial charge in [0.25, 0.3) is 0 Å². The first-order valence-corrected chi connectivity index (χ1v) is 17.6. The zero-order valence-electron chi connectivity index (χ0n) is 26.2. The van der Waals surface area contributed by atoms with Crippen molar-refractivity contribution in [2.24, 2.45) is 0 Å². The third kappa shape index (κ3) is 6.03. The number of aromatic nitrogens is 5. The minimum atomic E-state index is -2.75. The van der Waals surface area contributed by atoms with Crippen molar-refractivity contribution in [1.29, 1.82) is 0 Å². The van der Waals surface area contributed by atoms with Crippen molar-refractivity contribution in [2.45, 2.75) is 20.3 Å². The van der Waals surface area contributed by atoms with Crippen LogP contribution in [0, 0.1) is 6.92 Å². The normalized spacial score (nSPS) is 11.1. The molecule has 0 saturated heterocycles. The van der Waals surface area contributed by atoms with Gasteiger partial charge in [0.1, 0.15) is 0 Å². The van der Waals surface area contributed by atoms with Crippen molar-refractivity contribution in [3.63, 3.8) is 0 Å². The fourth-order valence-electron chi connectivity index (χ4n) is 6.33. The van der Waals surface area contributed by atoms with Crippen LogP contribution in [0.4, 0.5) is 0 Å². The molecule has 8 rings (SSSR count). The van der Waals surface area contributed by atoms with Crippen LogP contribution in [0.15, 0.2) is 152 Å². The second kappa shape index (κ2) is 14.2. The number of benzene rings is 4. The van der Waals surface area contributed by atoms with Crippen molar-refractivity contribution < 1.29 is 21.1 Å². The van der Waals surface area contributed by atoms with E-state index < -0.39 is 8.07 Å². The first-order valence-electron chi connectivity index (χ1n) is 15.6. The van der Waals surface area contributed by atoms with Gasteiger partial charge in [0.05, 0.1) is 0 Å². The molecule has 0 aliphatic rings. The Labute approximate surface area is 290 Å². The number of nitrogens with zero attached hydrogens (tertiary/aromatic N) is 5. The van der Waals surface area contributed by atoms with E-state index in [1.165, 1.54) is 21.1 Å². The molecule has 0 bridgehead atoms. The van der Waals surface area contributed by atoms with Gasteiger partial charge < -0.3 is 15.2 Å². The Morgan fingerprint density at radius 2 is 1.15 bits per heavy atom. The van der Waals surface area contributed by atoms with Crippen molar-refractivity contribution in [3.8, 4) is 11.4 Å². The van der Waals surface area contributed by atoms with Crippen LogP contribution in [0.2, 0.25) is 0 Å². The summed E-state index contributed by atoms with van der Waals surface area (Å²) >= 11 is 0. The summed E-state index contributed by atoms with van der Waals surface area (Å²) in [4.78, 5) is 14.7. The zero-order chi connectivity index (χ0) is 31.3. The second-order valence-electron chi connectivity index (χ2n) is 11.2. The summed E-state index contributed by atoms with van der Waals surface area (Å²) in [6, 6.07) is 50.3. The number of para-hydroxylation sites is 2. The molecule has 5 nitrogen and oxygen atoms in total. The summed E-state index contributed by atoms with van der Waals surface area (Å²) in [7, 11) is -2.75. The van der Waals surface area contributed by atoms with E-state index in [1.807, 2.05) is 30.5 Å². The van der Waals surface area contributed by atoms with Gasteiger partial charge in [0.15, 0.2) is 0 Å². The van der Waals surface area contributed by atoms with E-state index in [2.05, 4.69) is 150 Å². The summed E-state index contributed by atoms with van der Waals surface area (Å²) in [6.45, 7) is 4.19. The molecule has 232 valence electrons. The summed E-state index contributed by atoms with van der Waals surface area (Å²) in [5.74, 6) is 0. The molecule has 0 saturated carbocycles. The first kappa shape index (κ1) is 32.1. The van der Waals surface area contributed by atoms with Crippen LogP contribution in [-0.2, 0) is 27.5 Å². The van der Waals surface area contributed by atoms with E-state index >= 15 is 0 Å². The van der Waals surface area contributed by atoms with Crippen molar-refractivity contribution in [3.05, 3.63) is 163 Å². The van der Waals surface area contributed by atoms with Crippen LogP contribution >= 0.6 is 0 Å². The number of hydrogen-bond acceptors (Lipinski definition) is 3. The first-order chi connectivity index (χ1) is 22.7. The Bertz CT molecular complexity index is 2070. The SMILES string of the molecule is CCc1n[n-]c(-c2cccc([Si](c3ccccc3)(c3ccccc3)c3ccccn3)n2)c1C.[Pt+2].c1ccc2c(c1)[n-]c1ccccc12. The van der Waals surface area contributed by atoms with E-state index in [4.69, 9.17) is 9.97 Å². The van der Waals surface area contributed by atoms with Crippen molar-refractivity contribution >= 4 is 50.9 Å². The van der Waals surface area contributed by atoms with Gasteiger partial charge in [-0.1, -0.05) is 134 Å². The zero-order valence-corrected chi connectivity index (χ0v) is 29.5. The third-order valence-corrected chi connectivity index (χ3v) is 13.1. The van der Waals surface area contributed by atoms with Gasteiger partial charge in [0.2, 0.25) is 8.07 Å². The molecule has 0 spiro atoms. The molecular formula is C40H33N5PtSi. The van der Waals surface area contributed by atoms with Gasteiger partial charge in [0, 0.05) is 28.2 Å². The molecule has 0 aliphatic carbocycles. The Morgan fingerprint density at radius 3 is 1.70 bits per heavy atom. The van der Waals surface area contributed by atoms with Gasteiger partial charge in [-0.3, -0.25) is 9.97 Å². The Balaban J connectivity index is 0.000000229. The fourth-order valence-corrected chi connectivity index (χ4v) is 10.7. The Hall–Kier alpha value is -4.90. The molecule has 8 aromatic rings. The monoisotopic (exact) mass is 806 g/mol. The maximum atomic E-state index is 5.27. The molecule has 0 unspecified atom stereocenters. The van der Waals surface area contributed by atoms with Gasteiger partial charge in [-0.25, -0.2) is 0 Å². The van der Waals surface area contributed by atoms with Crippen LogP contribution in [0.25, 0.3) is 33.2 Å². The molecule has 7 heteroatoms. The number of rotatable bonds is 6. The van der Waals surface area contributed by atoms with E-state index in [1.54, 1.807) is 0 Å². The Morgan fingerprint density at radius 1 is 0.596 bits per heavy atom. The van der Waals surface area contributed by atoms with Crippen molar-refractivity contribution in [1.82, 2.24) is 25.1 Å². The van der Waals surface area contributed by atoms with Gasteiger partial charge >= 0.3 is 21.1 Å². The number of aryl methyl sites for hydroxylation is 1. The Kier molecular flexibility index (Phi) is 9.72. The standard InChI is InChI=1S/C28H25N4Si.C12H8N.Pt/c1-3-24-21(2)28(32-31-24)25-17-12-19-27(30-25)33(22-13-6-4-7-14-22,23-15-8-5-9-16-23)26-18-10-11-20-29-26;1-3-7-11-9(5-1)10-6-2-4-8-12(10)13-11;/h4-20H,3H2,1-2H3;1-8H;/q2*-1;+2. The van der Waals surface area contributed by atoms with Crippen LogP contribution in [0.3, 0.4) is 0 Å². The average Bonchev–Trinajstić information content (AvgIpc) is 3.70. The molecule has 4 heterocycles. The van der Waals surface area contributed by atoms with E-state index in [-0.39, 0.29) is 21.1 Å². The summed E-state index contributed by atoms with van der Waals surface area (Å²) in [6.07, 6.45) is 2.74. The van der Waals surface area contributed by atoms with Crippen molar-refractivity contribution in [2.75, 3.05) is 0 Å². The predicted octanol–water partition coefficient (Wildman–Crippen LogP) is 5.69. The molecular weight excluding hydrogens is 774 g/mol. The van der Waals surface area contributed by atoms with Crippen LogP contribution in [0.5, 0.6) is 0 Å². The molecule has 47 heavy (non-hydrogen) atoms. The third-order valence-electron chi connectivity index (χ3n) is 8.57. The summed E-state index contributed by atoms with van der Waals surface area (Å²) < 4.78 is 0. The molecule has 0 fully saturated rings. The summed E-state index contributed by atoms with van der Waals surface area (Å²) in [5, 5.41) is 16.0. The van der Waals surface area contributed by atoms with Gasteiger partial charge in [-0.05, 0) is 64.3 Å². The predicted molar refractivity (Wildman–Crippen MR) is 191 cm³/mol. The van der Waals surface area contributed by atoms with E-state index in [0.717, 1.165) is 50.7 Å². The van der Waals surface area contributed by atoms with E-state index in [0.29, 0.717) is 0 Å². The van der Waals surface area contributed by atoms with E-state index in [9.17, 15) is 0 Å². The van der Waals surface area contributed by atoms with Gasteiger partial charge in [-0.15, -0.1) is 11.0 Å². The largest absolute Gasteiger partial charge is 2.00 e. The second-order valence-corrected chi connectivity index (χ2v) is 14.9. The van der Waals surface area contributed by atoms with Gasteiger partial charge in [-0.2, -0.15) is 0 Å². The number of hydrogen-bond donors (Lipinski definition) is 0. The maximum Gasteiger partial charge on any atom is 2.00 e. The summed E-state index contributed by atoms with van der Waals surface area (Å²) in [5.41, 5.74) is 6.02.